The van der Waals surface area contributed by atoms with E-state index in [0.29, 0.717) is 24.9 Å². The summed E-state index contributed by atoms with van der Waals surface area (Å²) in [4.78, 5) is 23.8. The summed E-state index contributed by atoms with van der Waals surface area (Å²) in [6.07, 6.45) is 3.62. The summed E-state index contributed by atoms with van der Waals surface area (Å²) < 4.78 is 5.61. The van der Waals surface area contributed by atoms with Gasteiger partial charge in [-0.15, -0.1) is 0 Å². The molecule has 1 aromatic heterocycles. The van der Waals surface area contributed by atoms with Crippen molar-refractivity contribution >= 4 is 17.6 Å². The van der Waals surface area contributed by atoms with Crippen LogP contribution in [0.2, 0.25) is 0 Å². The molecule has 0 radical (unpaired) electrons. The number of aryl methyl sites for hydroxylation is 2. The Labute approximate surface area is 188 Å². The Bertz CT molecular complexity index is 1090. The normalized spacial score (nSPS) is 13.6. The van der Waals surface area contributed by atoms with Crippen molar-refractivity contribution in [3.8, 4) is 11.5 Å². The van der Waals surface area contributed by atoms with Gasteiger partial charge in [-0.05, 0) is 50.5 Å². The number of hydrogen-bond acceptors (Lipinski definition) is 4. The first-order chi connectivity index (χ1) is 15.6. The molecule has 2 N–H and O–H groups in total. The summed E-state index contributed by atoms with van der Waals surface area (Å²) in [6.45, 7) is 6.00. The molecule has 166 valence electrons. The topological polar surface area (TPSA) is 82.8 Å². The summed E-state index contributed by atoms with van der Waals surface area (Å²) in [7, 11) is 0. The molecule has 0 fully saturated rings. The Balaban J connectivity index is 1.38. The maximum atomic E-state index is 12.9. The van der Waals surface area contributed by atoms with Crippen LogP contribution in [-0.4, -0.2) is 36.5 Å². The highest BCUT2D eigenvalue weighted by Gasteiger charge is 2.22. The van der Waals surface area contributed by atoms with Crippen molar-refractivity contribution < 1.29 is 9.21 Å². The van der Waals surface area contributed by atoms with Gasteiger partial charge in [0.2, 0.25) is 11.8 Å². The minimum Gasteiger partial charge on any atom is -0.444 e. The molecule has 1 aliphatic heterocycles. The van der Waals surface area contributed by atoms with E-state index in [2.05, 4.69) is 26.7 Å². The van der Waals surface area contributed by atoms with Gasteiger partial charge in [0.05, 0.1) is 13.1 Å². The zero-order valence-corrected chi connectivity index (χ0v) is 18.6. The Hall–Kier alpha value is -3.61. The van der Waals surface area contributed by atoms with Crippen LogP contribution >= 0.6 is 0 Å². The lowest BCUT2D eigenvalue weighted by molar-refractivity contribution is -0.117. The van der Waals surface area contributed by atoms with Gasteiger partial charge in [0.15, 0.2) is 5.96 Å². The maximum Gasteiger partial charge on any atom is 0.246 e. The molecule has 0 unspecified atom stereocenters. The number of guanidine groups is 1. The van der Waals surface area contributed by atoms with Gasteiger partial charge in [-0.1, -0.05) is 35.9 Å². The molecule has 1 amide bonds. The number of carbonyl (C=O) groups excluding carboxylic acids is 1. The van der Waals surface area contributed by atoms with Gasteiger partial charge < -0.3 is 20.0 Å². The monoisotopic (exact) mass is 431 g/mol. The fraction of sp³-hybridized carbons (Fsp3) is 0.320. The van der Waals surface area contributed by atoms with Gasteiger partial charge in [-0.2, -0.15) is 0 Å². The van der Waals surface area contributed by atoms with Crippen LogP contribution < -0.4 is 15.5 Å². The van der Waals surface area contributed by atoms with Gasteiger partial charge in [-0.25, -0.2) is 9.98 Å². The lowest BCUT2D eigenvalue weighted by atomic mass is 10.0. The molecule has 0 saturated heterocycles. The molecule has 2 heterocycles. The predicted molar refractivity (Wildman–Crippen MR) is 127 cm³/mol. The van der Waals surface area contributed by atoms with Gasteiger partial charge in [0.25, 0.3) is 0 Å². The predicted octanol–water partition coefficient (Wildman–Crippen LogP) is 3.68. The SMILES string of the molecule is CCNC(=NCc1coc(-c2ccc(C)cc2)n1)NCC(=O)N1CCCc2ccccc21. The molecule has 2 aromatic carbocycles. The highest BCUT2D eigenvalue weighted by molar-refractivity contribution is 5.98. The Kier molecular flexibility index (Phi) is 6.84. The number of hydrogen-bond donors (Lipinski definition) is 2. The second-order valence-electron chi connectivity index (χ2n) is 7.84. The Morgan fingerprint density at radius 2 is 1.97 bits per heavy atom. The van der Waals surface area contributed by atoms with Crippen LogP contribution in [-0.2, 0) is 17.8 Å². The van der Waals surface area contributed by atoms with Crippen LogP contribution in [0.3, 0.4) is 0 Å². The van der Waals surface area contributed by atoms with E-state index in [-0.39, 0.29) is 12.5 Å². The highest BCUT2D eigenvalue weighted by atomic mass is 16.3. The number of amides is 1. The number of nitrogens with one attached hydrogen (secondary N) is 2. The van der Waals surface area contributed by atoms with Crippen molar-refractivity contribution in [1.82, 2.24) is 15.6 Å². The number of benzene rings is 2. The lowest BCUT2D eigenvalue weighted by Gasteiger charge is -2.29. The zero-order chi connectivity index (χ0) is 22.3. The van der Waals surface area contributed by atoms with Crippen molar-refractivity contribution in [3.05, 3.63) is 71.6 Å². The van der Waals surface area contributed by atoms with Crippen LogP contribution in [0.1, 0.15) is 30.2 Å². The molecule has 0 atom stereocenters. The average molecular weight is 432 g/mol. The number of carbonyl (C=O) groups is 1. The van der Waals surface area contributed by atoms with Crippen molar-refractivity contribution in [3.63, 3.8) is 0 Å². The van der Waals surface area contributed by atoms with Gasteiger partial charge in [0, 0.05) is 24.3 Å². The molecular formula is C25H29N5O2. The minimum absolute atomic E-state index is 0.0332. The van der Waals surface area contributed by atoms with Crippen LogP contribution in [0, 0.1) is 6.92 Å². The lowest BCUT2D eigenvalue weighted by Crippen LogP contribution is -2.46. The fourth-order valence-corrected chi connectivity index (χ4v) is 3.76. The van der Waals surface area contributed by atoms with E-state index in [9.17, 15) is 4.79 Å². The molecule has 0 aliphatic carbocycles. The van der Waals surface area contributed by atoms with E-state index in [1.54, 1.807) is 6.26 Å². The molecule has 0 spiro atoms. The minimum atomic E-state index is 0.0332. The van der Waals surface area contributed by atoms with Gasteiger partial charge >= 0.3 is 0 Å². The maximum absolute atomic E-state index is 12.9. The smallest absolute Gasteiger partial charge is 0.246 e. The summed E-state index contributed by atoms with van der Waals surface area (Å²) in [5.74, 6) is 1.18. The quantitative estimate of drug-likeness (QED) is 0.460. The Morgan fingerprint density at radius 1 is 1.16 bits per heavy atom. The molecule has 0 saturated carbocycles. The van der Waals surface area contributed by atoms with Crippen molar-refractivity contribution in [2.45, 2.75) is 33.2 Å². The van der Waals surface area contributed by atoms with Crippen molar-refractivity contribution in [1.29, 1.82) is 0 Å². The number of para-hydroxylation sites is 1. The number of aliphatic imine (C=N–C) groups is 1. The number of oxazole rings is 1. The second kappa shape index (κ2) is 10.1. The van der Waals surface area contributed by atoms with E-state index in [1.807, 2.05) is 61.2 Å². The molecule has 0 bridgehead atoms. The number of aromatic nitrogens is 1. The van der Waals surface area contributed by atoms with Crippen LogP contribution in [0.4, 0.5) is 5.69 Å². The first-order valence-corrected chi connectivity index (χ1v) is 11.1. The van der Waals surface area contributed by atoms with Crippen LogP contribution in [0.15, 0.2) is 64.2 Å². The number of rotatable bonds is 6. The third-order valence-electron chi connectivity index (χ3n) is 5.41. The van der Waals surface area contributed by atoms with Crippen LogP contribution in [0.5, 0.6) is 0 Å². The summed E-state index contributed by atoms with van der Waals surface area (Å²) in [6, 6.07) is 16.2. The van der Waals surface area contributed by atoms with E-state index in [0.717, 1.165) is 36.3 Å². The first-order valence-electron chi connectivity index (χ1n) is 11.1. The number of anilines is 1. The fourth-order valence-electron chi connectivity index (χ4n) is 3.76. The van der Waals surface area contributed by atoms with E-state index >= 15 is 0 Å². The van der Waals surface area contributed by atoms with Gasteiger partial charge in [-0.3, -0.25) is 4.79 Å². The standard InChI is InChI=1S/C25H29N5O2/c1-3-26-25(27-15-21-17-32-24(29-21)20-12-10-18(2)11-13-20)28-16-23(31)30-14-6-8-19-7-4-5-9-22(19)30/h4-5,7,9-13,17H,3,6,8,14-16H2,1-2H3,(H2,26,27,28). The first kappa shape index (κ1) is 21.6. The third kappa shape index (κ3) is 5.17. The van der Waals surface area contributed by atoms with E-state index in [4.69, 9.17) is 4.42 Å². The van der Waals surface area contributed by atoms with Crippen molar-refractivity contribution in [2.24, 2.45) is 4.99 Å². The molecule has 4 rings (SSSR count). The zero-order valence-electron chi connectivity index (χ0n) is 18.6. The van der Waals surface area contributed by atoms with Gasteiger partial charge in [0.1, 0.15) is 12.0 Å². The highest BCUT2D eigenvalue weighted by Crippen LogP contribution is 2.26. The summed E-state index contributed by atoms with van der Waals surface area (Å²) in [5, 5.41) is 6.34. The summed E-state index contributed by atoms with van der Waals surface area (Å²) >= 11 is 0. The van der Waals surface area contributed by atoms with Crippen molar-refractivity contribution in [2.75, 3.05) is 24.5 Å². The largest absolute Gasteiger partial charge is 0.444 e. The molecule has 3 aromatic rings. The van der Waals surface area contributed by atoms with Crippen LogP contribution in [0.25, 0.3) is 11.5 Å². The summed E-state index contributed by atoms with van der Waals surface area (Å²) in [5.41, 5.74) is 5.09. The molecular weight excluding hydrogens is 402 g/mol. The van der Waals surface area contributed by atoms with E-state index in [1.165, 1.54) is 11.1 Å². The number of nitrogens with zero attached hydrogens (tertiary/aromatic N) is 3. The Morgan fingerprint density at radius 3 is 2.78 bits per heavy atom. The second-order valence-corrected chi connectivity index (χ2v) is 7.84. The van der Waals surface area contributed by atoms with E-state index < -0.39 is 0 Å². The molecule has 32 heavy (non-hydrogen) atoms. The molecule has 7 nitrogen and oxygen atoms in total. The average Bonchev–Trinajstić information content (AvgIpc) is 3.30. The molecule has 1 aliphatic rings. The third-order valence-corrected chi connectivity index (χ3v) is 5.41. The number of fused-ring (bicyclic) bond motifs is 1. The molecule has 7 heteroatoms.